The SMILES string of the molecule is c1ccc(-c2ccc(N(c3cc4c5c(c3)c3ccccc3n5-c3ccccc3C43[C@H]4C[C@H]5C[C@H](C[C@H]3C5)C4)c3ccccc3-c3ccccc3)cc2)cc1. The molecule has 260 valence electrons. The van der Waals surface area contributed by atoms with E-state index < -0.39 is 0 Å². The largest absolute Gasteiger partial charge is 0.310 e. The minimum Gasteiger partial charge on any atom is -0.310 e. The van der Waals surface area contributed by atoms with Crippen molar-refractivity contribution in [1.29, 1.82) is 0 Å². The Bertz CT molecular complexity index is 2690. The van der Waals surface area contributed by atoms with E-state index in [1.165, 1.54) is 98.9 Å². The molecule has 0 atom stereocenters. The molecule has 1 spiro atoms. The molecular weight excluding hydrogens is 653 g/mol. The van der Waals surface area contributed by atoms with E-state index in [9.17, 15) is 0 Å². The fraction of sp³-hybridized carbons (Fsp3) is 0.192. The first-order valence-corrected chi connectivity index (χ1v) is 20.0. The molecule has 7 aromatic carbocycles. The summed E-state index contributed by atoms with van der Waals surface area (Å²) in [6, 6.07) is 63.8. The van der Waals surface area contributed by atoms with Gasteiger partial charge in [0.1, 0.15) is 0 Å². The molecule has 2 nitrogen and oxygen atoms in total. The molecule has 2 heteroatoms. The van der Waals surface area contributed by atoms with Crippen molar-refractivity contribution >= 4 is 38.9 Å². The Morgan fingerprint density at radius 1 is 0.463 bits per heavy atom. The fourth-order valence-corrected chi connectivity index (χ4v) is 12.1. The lowest BCUT2D eigenvalue weighted by molar-refractivity contribution is -0.0418. The fourth-order valence-electron chi connectivity index (χ4n) is 12.1. The summed E-state index contributed by atoms with van der Waals surface area (Å²) in [5.74, 6) is 3.09. The third-order valence-corrected chi connectivity index (χ3v) is 13.9. The smallest absolute Gasteiger partial charge is 0.0584 e. The van der Waals surface area contributed by atoms with Crippen LogP contribution < -0.4 is 4.90 Å². The lowest BCUT2D eigenvalue weighted by Gasteiger charge is -2.63. The molecule has 0 saturated heterocycles. The zero-order valence-electron chi connectivity index (χ0n) is 30.4. The monoisotopic (exact) mass is 694 g/mol. The van der Waals surface area contributed by atoms with E-state index in [0.717, 1.165) is 11.8 Å². The third-order valence-electron chi connectivity index (χ3n) is 13.9. The quantitative estimate of drug-likeness (QED) is 0.174. The molecule has 13 rings (SSSR count). The standard InChI is InChI=1S/C52H42N2/c1-3-13-36(14-4-1)37-23-25-41(26-24-37)53(48-20-10-7-17-43(48)38-15-5-2-6-16-38)42-32-45-44-18-8-11-21-49(44)54-50-22-12-9-19-46(50)52(47(33-42)51(45)54)39-28-34-27-35(30-39)31-40(52)29-34/h1-26,32-35,39-40H,27-31H2/t34-,35+,39+,40-,52?. The highest BCUT2D eigenvalue weighted by atomic mass is 15.1. The third kappa shape index (κ3) is 4.23. The summed E-state index contributed by atoms with van der Waals surface area (Å²) in [6.07, 6.45) is 6.87. The van der Waals surface area contributed by atoms with E-state index in [2.05, 4.69) is 179 Å². The zero-order valence-corrected chi connectivity index (χ0v) is 30.4. The van der Waals surface area contributed by atoms with Crippen LogP contribution >= 0.6 is 0 Å². The van der Waals surface area contributed by atoms with Gasteiger partial charge in [-0.25, -0.2) is 0 Å². The number of benzene rings is 7. The van der Waals surface area contributed by atoms with Crippen LogP contribution in [-0.4, -0.2) is 4.57 Å². The highest BCUT2D eigenvalue weighted by molar-refractivity contribution is 6.13. The molecule has 54 heavy (non-hydrogen) atoms. The van der Waals surface area contributed by atoms with Gasteiger partial charge in [-0.05, 0) is 126 Å². The van der Waals surface area contributed by atoms with Crippen molar-refractivity contribution in [3.8, 4) is 27.9 Å². The molecule has 1 aliphatic heterocycles. The minimum absolute atomic E-state index is 0.00440. The maximum atomic E-state index is 2.66. The number of hydrogen-bond acceptors (Lipinski definition) is 1. The zero-order chi connectivity index (χ0) is 35.4. The van der Waals surface area contributed by atoms with Gasteiger partial charge in [-0.2, -0.15) is 0 Å². The Hall–Kier alpha value is -5.86. The average molecular weight is 695 g/mol. The molecule has 0 radical (unpaired) electrons. The van der Waals surface area contributed by atoms with Crippen LogP contribution in [0.5, 0.6) is 0 Å². The number of para-hydroxylation sites is 3. The average Bonchev–Trinajstić information content (AvgIpc) is 3.56. The Morgan fingerprint density at radius 3 is 1.83 bits per heavy atom. The van der Waals surface area contributed by atoms with Gasteiger partial charge in [0.15, 0.2) is 0 Å². The molecule has 2 heterocycles. The summed E-state index contributed by atoms with van der Waals surface area (Å²) in [4.78, 5) is 2.56. The van der Waals surface area contributed by atoms with E-state index in [4.69, 9.17) is 0 Å². The molecule has 5 aliphatic rings. The Kier molecular flexibility index (Phi) is 6.55. The lowest BCUT2D eigenvalue weighted by Crippen LogP contribution is -2.57. The maximum absolute atomic E-state index is 2.66. The number of fused-ring (bicyclic) bond motifs is 5. The van der Waals surface area contributed by atoms with Gasteiger partial charge in [-0.15, -0.1) is 0 Å². The molecule has 4 bridgehead atoms. The predicted octanol–water partition coefficient (Wildman–Crippen LogP) is 13.6. The summed E-state index contributed by atoms with van der Waals surface area (Å²) < 4.78 is 2.63. The first-order valence-electron chi connectivity index (χ1n) is 20.0. The molecule has 8 aromatic rings. The van der Waals surface area contributed by atoms with Crippen molar-refractivity contribution in [2.24, 2.45) is 23.7 Å². The molecule has 0 unspecified atom stereocenters. The van der Waals surface area contributed by atoms with Crippen molar-refractivity contribution in [1.82, 2.24) is 4.57 Å². The van der Waals surface area contributed by atoms with E-state index >= 15 is 0 Å². The summed E-state index contributed by atoms with van der Waals surface area (Å²) in [5.41, 5.74) is 15.8. The maximum Gasteiger partial charge on any atom is 0.0584 e. The number of rotatable bonds is 5. The van der Waals surface area contributed by atoms with Crippen LogP contribution in [0.1, 0.15) is 43.2 Å². The summed E-state index contributed by atoms with van der Waals surface area (Å²) in [7, 11) is 0. The van der Waals surface area contributed by atoms with E-state index in [-0.39, 0.29) is 5.41 Å². The molecule has 4 aliphatic carbocycles. The number of nitrogens with zero attached hydrogens (tertiary/aromatic N) is 2. The van der Waals surface area contributed by atoms with Crippen LogP contribution in [0, 0.1) is 23.7 Å². The highest BCUT2D eigenvalue weighted by Crippen LogP contribution is 2.68. The van der Waals surface area contributed by atoms with Gasteiger partial charge in [-0.3, -0.25) is 0 Å². The Balaban J connectivity index is 1.17. The van der Waals surface area contributed by atoms with Gasteiger partial charge in [-0.1, -0.05) is 127 Å². The Morgan fingerprint density at radius 2 is 1.07 bits per heavy atom. The second-order valence-corrected chi connectivity index (χ2v) is 16.6. The van der Waals surface area contributed by atoms with Gasteiger partial charge in [0, 0.05) is 33.1 Å². The molecular formula is C52H42N2. The van der Waals surface area contributed by atoms with Gasteiger partial charge in [0.25, 0.3) is 0 Å². The first kappa shape index (κ1) is 30.6. The van der Waals surface area contributed by atoms with Gasteiger partial charge < -0.3 is 9.47 Å². The Labute approximate surface area is 317 Å². The predicted molar refractivity (Wildman–Crippen MR) is 224 cm³/mol. The van der Waals surface area contributed by atoms with Crippen LogP contribution in [0.4, 0.5) is 17.1 Å². The molecule has 1 aromatic heterocycles. The summed E-state index contributed by atoms with van der Waals surface area (Å²) >= 11 is 0. The van der Waals surface area contributed by atoms with Crippen molar-refractivity contribution in [3.05, 3.63) is 181 Å². The highest BCUT2D eigenvalue weighted by Gasteiger charge is 2.61. The van der Waals surface area contributed by atoms with Crippen LogP contribution in [0.15, 0.2) is 170 Å². The topological polar surface area (TPSA) is 8.17 Å². The van der Waals surface area contributed by atoms with Gasteiger partial charge in [0.05, 0.1) is 22.4 Å². The van der Waals surface area contributed by atoms with E-state index in [0.29, 0.717) is 11.8 Å². The number of anilines is 3. The van der Waals surface area contributed by atoms with E-state index in [1.807, 2.05) is 0 Å². The van der Waals surface area contributed by atoms with Crippen LogP contribution in [0.2, 0.25) is 0 Å². The molecule has 4 saturated carbocycles. The molecule has 0 amide bonds. The second kappa shape index (κ2) is 11.6. The summed E-state index contributed by atoms with van der Waals surface area (Å²) in [5, 5.41) is 2.70. The van der Waals surface area contributed by atoms with Gasteiger partial charge in [0.2, 0.25) is 0 Å². The molecule has 0 N–H and O–H groups in total. The van der Waals surface area contributed by atoms with Crippen molar-refractivity contribution in [2.45, 2.75) is 37.5 Å². The lowest BCUT2D eigenvalue weighted by atomic mass is 9.41. The summed E-state index contributed by atoms with van der Waals surface area (Å²) in [6.45, 7) is 0. The second-order valence-electron chi connectivity index (χ2n) is 16.6. The van der Waals surface area contributed by atoms with E-state index in [1.54, 1.807) is 11.1 Å². The first-order chi connectivity index (χ1) is 26.8. The van der Waals surface area contributed by atoms with Crippen molar-refractivity contribution < 1.29 is 0 Å². The number of aromatic nitrogens is 1. The van der Waals surface area contributed by atoms with Crippen LogP contribution in [0.25, 0.3) is 49.7 Å². The van der Waals surface area contributed by atoms with Gasteiger partial charge >= 0.3 is 0 Å². The minimum atomic E-state index is 0.00440. The van der Waals surface area contributed by atoms with Crippen LogP contribution in [0.3, 0.4) is 0 Å². The molecule has 4 fully saturated rings. The van der Waals surface area contributed by atoms with Crippen LogP contribution in [-0.2, 0) is 5.41 Å². The normalized spacial score (nSPS) is 23.3. The number of hydrogen-bond donors (Lipinski definition) is 0. The van der Waals surface area contributed by atoms with Crippen molar-refractivity contribution in [2.75, 3.05) is 4.90 Å². The van der Waals surface area contributed by atoms with Crippen molar-refractivity contribution in [3.63, 3.8) is 0 Å².